The molecule has 3 nitrogen and oxygen atoms in total. The van der Waals surface area contributed by atoms with Gasteiger partial charge in [-0.05, 0) is 0 Å². The van der Waals surface area contributed by atoms with Crippen LogP contribution in [0.5, 0.6) is 5.75 Å². The summed E-state index contributed by atoms with van der Waals surface area (Å²) in [5.41, 5.74) is 6.10. The Kier molecular flexibility index (Phi) is 2.66. The van der Waals surface area contributed by atoms with Crippen molar-refractivity contribution in [3.05, 3.63) is 18.2 Å². The Balaban J connectivity index is 3.09. The summed E-state index contributed by atoms with van der Waals surface area (Å²) >= 11 is -0.983. The molecule has 0 saturated heterocycles. The third kappa shape index (κ3) is 1.81. The van der Waals surface area contributed by atoms with Crippen molar-refractivity contribution >= 4 is 25.7 Å². The van der Waals surface area contributed by atoms with Gasteiger partial charge in [0.2, 0.25) is 0 Å². The van der Waals surface area contributed by atoms with Crippen LogP contribution in [0.2, 0.25) is 0 Å². The Bertz CT molecular complexity index is 275. The van der Waals surface area contributed by atoms with E-state index in [0.29, 0.717) is 11.4 Å². The summed E-state index contributed by atoms with van der Waals surface area (Å²) in [5.74, 6) is 0.628. The molecule has 0 unspecified atom stereocenters. The molecular formula is C7H8AsNO2. The maximum absolute atomic E-state index is 10.5. The maximum atomic E-state index is 10.5. The van der Waals surface area contributed by atoms with Gasteiger partial charge >= 0.3 is 71.0 Å². The zero-order valence-corrected chi connectivity index (χ0v) is 7.95. The molecule has 0 aliphatic carbocycles. The Labute approximate surface area is 71.5 Å². The van der Waals surface area contributed by atoms with Crippen molar-refractivity contribution in [2.45, 2.75) is 0 Å². The van der Waals surface area contributed by atoms with Gasteiger partial charge < -0.3 is 0 Å². The number of rotatable bonds is 2. The van der Waals surface area contributed by atoms with E-state index >= 15 is 0 Å². The van der Waals surface area contributed by atoms with Crippen LogP contribution < -0.4 is 14.8 Å². The van der Waals surface area contributed by atoms with Crippen molar-refractivity contribution in [3.8, 4) is 5.75 Å². The second-order valence-electron chi connectivity index (χ2n) is 2.02. The van der Waals surface area contributed by atoms with E-state index in [1.165, 1.54) is 0 Å². The Morgan fingerprint density at radius 3 is 2.73 bits per heavy atom. The number of nitrogens with two attached hydrogens (primary N) is 1. The van der Waals surface area contributed by atoms with E-state index < -0.39 is 15.7 Å². The molecule has 1 aromatic rings. The topological polar surface area (TPSA) is 52.3 Å². The van der Waals surface area contributed by atoms with Gasteiger partial charge in [-0.2, -0.15) is 0 Å². The Morgan fingerprint density at radius 2 is 2.27 bits per heavy atom. The van der Waals surface area contributed by atoms with Gasteiger partial charge in [0.1, 0.15) is 0 Å². The van der Waals surface area contributed by atoms with Crippen LogP contribution in [0.15, 0.2) is 18.2 Å². The molecule has 0 aromatic heterocycles. The predicted molar refractivity (Wildman–Crippen MR) is 43.5 cm³/mol. The molecule has 0 aliphatic heterocycles. The fourth-order valence-corrected chi connectivity index (χ4v) is 1.46. The van der Waals surface area contributed by atoms with E-state index in [1.807, 2.05) is 0 Å². The Hall–Kier alpha value is -0.822. The molecule has 11 heavy (non-hydrogen) atoms. The van der Waals surface area contributed by atoms with E-state index in [4.69, 9.17) is 10.5 Å². The van der Waals surface area contributed by atoms with Crippen molar-refractivity contribution in [2.24, 2.45) is 0 Å². The summed E-state index contributed by atoms with van der Waals surface area (Å²) in [6, 6.07) is 5.15. The number of methoxy groups -OCH3 is 1. The summed E-state index contributed by atoms with van der Waals surface area (Å²) in [7, 11) is 1.55. The Morgan fingerprint density at radius 1 is 1.55 bits per heavy atom. The summed E-state index contributed by atoms with van der Waals surface area (Å²) in [5, 5.41) is 0. The van der Waals surface area contributed by atoms with Crippen LogP contribution in [-0.4, -0.2) is 22.8 Å². The molecule has 1 aromatic carbocycles. The number of anilines is 1. The normalized spacial score (nSPS) is 9.91. The van der Waals surface area contributed by atoms with Crippen molar-refractivity contribution in [2.75, 3.05) is 12.8 Å². The fraction of sp³-hybridized carbons (Fsp3) is 0.143. The molecule has 0 atom stereocenters. The van der Waals surface area contributed by atoms with Crippen molar-refractivity contribution in [1.29, 1.82) is 0 Å². The van der Waals surface area contributed by atoms with E-state index in [2.05, 4.69) is 0 Å². The van der Waals surface area contributed by atoms with Crippen LogP contribution >= 0.6 is 0 Å². The minimum atomic E-state index is -0.983. The van der Waals surface area contributed by atoms with Crippen LogP contribution in [-0.2, 0) is 3.74 Å². The molecule has 0 spiro atoms. The number of nitrogen functional groups attached to an aromatic ring is 1. The zero-order valence-electron chi connectivity index (χ0n) is 6.07. The number of benzene rings is 1. The van der Waals surface area contributed by atoms with E-state index in [0.717, 1.165) is 4.35 Å². The van der Waals surface area contributed by atoms with Gasteiger partial charge in [0.25, 0.3) is 0 Å². The average molecular weight is 213 g/mol. The molecule has 0 heterocycles. The third-order valence-corrected chi connectivity index (χ3v) is 2.34. The van der Waals surface area contributed by atoms with Crippen LogP contribution in [0.4, 0.5) is 5.69 Å². The van der Waals surface area contributed by atoms with Gasteiger partial charge in [0.05, 0.1) is 0 Å². The van der Waals surface area contributed by atoms with Gasteiger partial charge in [0.15, 0.2) is 0 Å². The SMILES string of the molecule is COc1ccc([As]=O)cc1N. The molecule has 4 heteroatoms. The van der Waals surface area contributed by atoms with Crippen LogP contribution in [0.25, 0.3) is 0 Å². The summed E-state index contributed by atoms with van der Waals surface area (Å²) < 4.78 is 16.2. The minimum absolute atomic E-state index is 0.538. The predicted octanol–water partition coefficient (Wildman–Crippen LogP) is -0.0476. The number of ether oxygens (including phenoxy) is 1. The van der Waals surface area contributed by atoms with E-state index in [1.54, 1.807) is 25.3 Å². The molecule has 0 fully saturated rings. The fourth-order valence-electron chi connectivity index (χ4n) is 0.779. The average Bonchev–Trinajstić information content (AvgIpc) is 2.04. The number of hydrogen-bond donors (Lipinski definition) is 1. The van der Waals surface area contributed by atoms with Gasteiger partial charge in [-0.15, -0.1) is 0 Å². The van der Waals surface area contributed by atoms with Gasteiger partial charge in [-0.1, -0.05) is 0 Å². The molecule has 2 N–H and O–H groups in total. The second kappa shape index (κ2) is 3.53. The van der Waals surface area contributed by atoms with E-state index in [-0.39, 0.29) is 0 Å². The first-order chi connectivity index (χ1) is 5.27. The van der Waals surface area contributed by atoms with E-state index in [9.17, 15) is 3.74 Å². The van der Waals surface area contributed by atoms with Crippen molar-refractivity contribution in [1.82, 2.24) is 0 Å². The quantitative estimate of drug-likeness (QED) is 0.553. The van der Waals surface area contributed by atoms with Crippen LogP contribution in [0.3, 0.4) is 0 Å². The van der Waals surface area contributed by atoms with Crippen molar-refractivity contribution in [3.63, 3.8) is 0 Å². The molecule has 0 bridgehead atoms. The summed E-state index contributed by atoms with van der Waals surface area (Å²) in [4.78, 5) is 0. The van der Waals surface area contributed by atoms with Gasteiger partial charge in [-0.3, -0.25) is 0 Å². The first kappa shape index (κ1) is 8.28. The molecular weight excluding hydrogens is 205 g/mol. The summed E-state index contributed by atoms with van der Waals surface area (Å²) in [6.07, 6.45) is 0. The first-order valence-electron chi connectivity index (χ1n) is 3.05. The molecule has 0 radical (unpaired) electrons. The zero-order chi connectivity index (χ0) is 8.27. The number of hydrogen-bond acceptors (Lipinski definition) is 3. The molecule has 0 amide bonds. The standard InChI is InChI=1S/C7H8AsNO2/c1-11-7-3-2-5(8-10)4-6(7)9/h2-4H,9H2,1H3. The third-order valence-electron chi connectivity index (χ3n) is 1.32. The monoisotopic (exact) mass is 213 g/mol. The molecule has 0 aliphatic rings. The first-order valence-corrected chi connectivity index (χ1v) is 4.75. The molecule has 58 valence electrons. The second-order valence-corrected chi connectivity index (χ2v) is 3.48. The summed E-state index contributed by atoms with van der Waals surface area (Å²) in [6.45, 7) is 0. The van der Waals surface area contributed by atoms with Crippen LogP contribution in [0, 0.1) is 0 Å². The van der Waals surface area contributed by atoms with Crippen molar-refractivity contribution < 1.29 is 8.48 Å². The van der Waals surface area contributed by atoms with Gasteiger partial charge in [0, 0.05) is 0 Å². The van der Waals surface area contributed by atoms with Gasteiger partial charge in [-0.25, -0.2) is 0 Å². The van der Waals surface area contributed by atoms with Crippen LogP contribution in [0.1, 0.15) is 0 Å². The molecule has 0 saturated carbocycles. The molecule has 1 rings (SSSR count).